The molecule has 0 saturated heterocycles. The van der Waals surface area contributed by atoms with Crippen LogP contribution in [0.3, 0.4) is 0 Å². The lowest BCUT2D eigenvalue weighted by Gasteiger charge is -2.16. The topological polar surface area (TPSA) is 85.7 Å². The van der Waals surface area contributed by atoms with Gasteiger partial charge in [-0.15, -0.1) is 0 Å². The minimum Gasteiger partial charge on any atom is -0.469 e. The molecule has 4 rings (SSSR count). The number of anilines is 1. The molecule has 0 spiro atoms. The predicted octanol–water partition coefficient (Wildman–Crippen LogP) is 3.94. The molecule has 0 saturated carbocycles. The van der Waals surface area contributed by atoms with Crippen LogP contribution in [0.25, 0.3) is 10.9 Å². The summed E-state index contributed by atoms with van der Waals surface area (Å²) in [7, 11) is -2.60. The molecule has 1 amide bonds. The Morgan fingerprint density at radius 1 is 1.12 bits per heavy atom. The van der Waals surface area contributed by atoms with Gasteiger partial charge in [-0.2, -0.15) is 0 Å². The van der Waals surface area contributed by atoms with Crippen molar-refractivity contribution in [2.24, 2.45) is 0 Å². The van der Waals surface area contributed by atoms with Crippen LogP contribution in [0.15, 0.2) is 47.4 Å². The van der Waals surface area contributed by atoms with Gasteiger partial charge in [-0.1, -0.05) is 11.6 Å². The molecule has 1 aromatic heterocycles. The van der Waals surface area contributed by atoms with Gasteiger partial charge in [0, 0.05) is 41.7 Å². The van der Waals surface area contributed by atoms with Crippen LogP contribution in [-0.4, -0.2) is 37.9 Å². The van der Waals surface area contributed by atoms with E-state index in [2.05, 4.69) is 4.74 Å². The highest BCUT2D eigenvalue weighted by Crippen LogP contribution is 2.33. The number of hydrogen-bond donors (Lipinski definition) is 0. The Morgan fingerprint density at radius 3 is 2.62 bits per heavy atom. The predicted molar refractivity (Wildman–Crippen MR) is 123 cm³/mol. The Morgan fingerprint density at radius 2 is 1.91 bits per heavy atom. The number of aromatic nitrogens is 1. The average molecular weight is 475 g/mol. The Balaban J connectivity index is 1.78. The number of carbonyl (C=O) groups excluding carboxylic acids is 2. The first-order valence-electron chi connectivity index (χ1n) is 10.3. The summed E-state index contributed by atoms with van der Waals surface area (Å²) in [5.74, 6) is -0.409. The van der Waals surface area contributed by atoms with Crippen molar-refractivity contribution in [3.63, 3.8) is 0 Å². The number of aryl methyl sites for hydroxylation is 1. The number of benzene rings is 2. The summed E-state index contributed by atoms with van der Waals surface area (Å²) in [5.41, 5.74) is 2.66. The summed E-state index contributed by atoms with van der Waals surface area (Å²) in [4.78, 5) is 25.1. The zero-order valence-electron chi connectivity index (χ0n) is 17.8. The first-order valence-corrected chi connectivity index (χ1v) is 12.1. The second kappa shape index (κ2) is 8.60. The first kappa shape index (κ1) is 22.4. The van der Waals surface area contributed by atoms with Crippen LogP contribution in [-0.2, 0) is 37.2 Å². The highest BCUT2D eigenvalue weighted by Gasteiger charge is 2.27. The molecule has 1 aliphatic heterocycles. The van der Waals surface area contributed by atoms with E-state index in [9.17, 15) is 18.0 Å². The summed E-state index contributed by atoms with van der Waals surface area (Å²) in [6.07, 6.45) is 1.62. The maximum Gasteiger partial charge on any atom is 0.305 e. The standard InChI is InChI=1S/C23H23ClN2O5S/c1-15(27)25-11-10-16-14-20(7-9-21(16)25)32(29,30)26-19(4-3-5-23(28)31-2)13-17-12-18(24)6-8-22(17)26/h6-9,12-14H,3-5,10-11H2,1-2H3. The molecule has 3 aromatic rings. The molecule has 2 aromatic carbocycles. The van der Waals surface area contributed by atoms with Gasteiger partial charge >= 0.3 is 5.97 Å². The maximum atomic E-state index is 13.7. The molecule has 2 heterocycles. The second-order valence-corrected chi connectivity index (χ2v) is 9.97. The summed E-state index contributed by atoms with van der Waals surface area (Å²) in [6, 6.07) is 11.7. The molecule has 0 fully saturated rings. The number of halogens is 1. The van der Waals surface area contributed by atoms with E-state index < -0.39 is 10.0 Å². The van der Waals surface area contributed by atoms with Crippen molar-refractivity contribution in [2.45, 2.75) is 37.5 Å². The van der Waals surface area contributed by atoms with Crippen molar-refractivity contribution in [3.8, 4) is 0 Å². The van der Waals surface area contributed by atoms with E-state index in [1.165, 1.54) is 24.1 Å². The van der Waals surface area contributed by atoms with E-state index in [1.54, 1.807) is 41.3 Å². The fourth-order valence-corrected chi connectivity index (χ4v) is 5.96. The third-order valence-corrected chi connectivity index (χ3v) is 7.69. The minimum atomic E-state index is -3.93. The number of rotatable bonds is 6. The van der Waals surface area contributed by atoms with Crippen LogP contribution in [0, 0.1) is 0 Å². The Kier molecular flexibility index (Phi) is 6.01. The van der Waals surface area contributed by atoms with Gasteiger partial charge in [-0.25, -0.2) is 12.4 Å². The van der Waals surface area contributed by atoms with Gasteiger partial charge < -0.3 is 9.64 Å². The zero-order chi connectivity index (χ0) is 23.0. The van der Waals surface area contributed by atoms with E-state index >= 15 is 0 Å². The molecule has 0 aliphatic carbocycles. The maximum absolute atomic E-state index is 13.7. The van der Waals surface area contributed by atoms with Crippen molar-refractivity contribution in [1.29, 1.82) is 0 Å². The summed E-state index contributed by atoms with van der Waals surface area (Å²) in [5, 5.41) is 1.22. The smallest absolute Gasteiger partial charge is 0.305 e. The number of carbonyl (C=O) groups is 2. The van der Waals surface area contributed by atoms with Gasteiger partial charge in [0.1, 0.15) is 0 Å². The lowest BCUT2D eigenvalue weighted by Crippen LogP contribution is -2.25. The van der Waals surface area contributed by atoms with Gasteiger partial charge in [-0.05, 0) is 67.3 Å². The van der Waals surface area contributed by atoms with Crippen molar-refractivity contribution >= 4 is 50.1 Å². The molecule has 1 aliphatic rings. The van der Waals surface area contributed by atoms with Gasteiger partial charge in [0.05, 0.1) is 17.5 Å². The zero-order valence-corrected chi connectivity index (χ0v) is 19.4. The normalized spacial score (nSPS) is 13.4. The SMILES string of the molecule is COC(=O)CCCc1cc2cc(Cl)ccc2n1S(=O)(=O)c1ccc2c(c1)CCN2C(C)=O. The number of nitrogens with zero attached hydrogens (tertiary/aromatic N) is 2. The Labute approximate surface area is 191 Å². The van der Waals surface area contributed by atoms with Crippen LogP contribution in [0.4, 0.5) is 5.69 Å². The molecule has 0 atom stereocenters. The van der Waals surface area contributed by atoms with Crippen LogP contribution in [0.5, 0.6) is 0 Å². The van der Waals surface area contributed by atoms with Crippen LogP contribution in [0.2, 0.25) is 5.02 Å². The molecule has 0 unspecified atom stereocenters. The van der Waals surface area contributed by atoms with Gasteiger partial charge in [0.15, 0.2) is 0 Å². The van der Waals surface area contributed by atoms with Gasteiger partial charge in [-0.3, -0.25) is 9.59 Å². The van der Waals surface area contributed by atoms with E-state index in [0.717, 1.165) is 11.3 Å². The molecule has 7 nitrogen and oxygen atoms in total. The van der Waals surface area contributed by atoms with Crippen molar-refractivity contribution < 1.29 is 22.7 Å². The molecule has 0 N–H and O–H groups in total. The molecule has 168 valence electrons. The number of hydrogen-bond acceptors (Lipinski definition) is 5. The van der Waals surface area contributed by atoms with Crippen molar-refractivity contribution in [2.75, 3.05) is 18.6 Å². The van der Waals surface area contributed by atoms with E-state index in [-0.39, 0.29) is 23.2 Å². The number of amides is 1. The third kappa shape index (κ3) is 4.00. The Bertz CT molecular complexity index is 1330. The molecule has 0 bridgehead atoms. The summed E-state index contributed by atoms with van der Waals surface area (Å²) in [6.45, 7) is 2.04. The Hall–Kier alpha value is -2.84. The van der Waals surface area contributed by atoms with E-state index in [0.29, 0.717) is 47.4 Å². The van der Waals surface area contributed by atoms with E-state index in [4.69, 9.17) is 11.6 Å². The fraction of sp³-hybridized carbons (Fsp3) is 0.304. The lowest BCUT2D eigenvalue weighted by atomic mass is 10.2. The molecule has 9 heteroatoms. The van der Waals surface area contributed by atoms with Crippen LogP contribution >= 0.6 is 11.6 Å². The molecular weight excluding hydrogens is 452 g/mol. The summed E-state index contributed by atoms with van der Waals surface area (Å²) < 4.78 is 33.5. The lowest BCUT2D eigenvalue weighted by molar-refractivity contribution is -0.140. The number of esters is 1. The summed E-state index contributed by atoms with van der Waals surface area (Å²) >= 11 is 6.13. The number of fused-ring (bicyclic) bond motifs is 2. The second-order valence-electron chi connectivity index (χ2n) is 7.75. The van der Waals surface area contributed by atoms with Crippen LogP contribution < -0.4 is 4.90 Å². The first-order chi connectivity index (χ1) is 15.2. The fourth-order valence-electron chi connectivity index (χ4n) is 4.16. The largest absolute Gasteiger partial charge is 0.469 e. The van der Waals surface area contributed by atoms with Gasteiger partial charge in [0.2, 0.25) is 5.91 Å². The van der Waals surface area contributed by atoms with E-state index in [1.807, 2.05) is 0 Å². The van der Waals surface area contributed by atoms with Crippen molar-refractivity contribution in [1.82, 2.24) is 3.97 Å². The quantitative estimate of drug-likeness (QED) is 0.505. The number of methoxy groups -OCH3 is 1. The minimum absolute atomic E-state index is 0.0690. The van der Waals surface area contributed by atoms with Crippen molar-refractivity contribution in [3.05, 3.63) is 58.7 Å². The highest BCUT2D eigenvalue weighted by atomic mass is 35.5. The molecule has 32 heavy (non-hydrogen) atoms. The average Bonchev–Trinajstić information content (AvgIpc) is 3.34. The number of ether oxygens (including phenoxy) is 1. The third-order valence-electron chi connectivity index (χ3n) is 5.70. The monoisotopic (exact) mass is 474 g/mol. The van der Waals surface area contributed by atoms with Crippen LogP contribution in [0.1, 0.15) is 31.0 Å². The molecular formula is C23H23ClN2O5S. The molecule has 0 radical (unpaired) electrons. The highest BCUT2D eigenvalue weighted by molar-refractivity contribution is 7.90. The van der Waals surface area contributed by atoms with Gasteiger partial charge in [0.25, 0.3) is 10.0 Å².